The van der Waals surface area contributed by atoms with Crippen molar-refractivity contribution in [2.45, 2.75) is 19.6 Å². The molecule has 0 aromatic heterocycles. The second kappa shape index (κ2) is 5.07. The summed E-state index contributed by atoms with van der Waals surface area (Å²) in [5, 5.41) is 0. The van der Waals surface area contributed by atoms with E-state index in [0.717, 1.165) is 5.56 Å². The maximum atomic E-state index is 11.7. The summed E-state index contributed by atoms with van der Waals surface area (Å²) in [4.78, 5) is 11.7. The third-order valence-electron chi connectivity index (χ3n) is 1.87. The van der Waals surface area contributed by atoms with Gasteiger partial charge in [0.1, 0.15) is 5.71 Å². The van der Waals surface area contributed by atoms with Crippen LogP contribution < -0.4 is 0 Å². The van der Waals surface area contributed by atoms with Gasteiger partial charge in [0.2, 0.25) is 0 Å². The predicted molar refractivity (Wildman–Crippen MR) is 68.3 cm³/mol. The summed E-state index contributed by atoms with van der Waals surface area (Å²) in [6.07, 6.45) is 0. The maximum Gasteiger partial charge on any atom is 0.355 e. The summed E-state index contributed by atoms with van der Waals surface area (Å²) in [7, 11) is -0.315. The van der Waals surface area contributed by atoms with Crippen molar-refractivity contribution < 1.29 is 9.53 Å². The third-order valence-corrected chi connectivity index (χ3v) is 2.77. The van der Waals surface area contributed by atoms with Crippen LogP contribution in [0.25, 0.3) is 0 Å². The molecular weight excluding hydrogens is 218 g/mol. The molecule has 0 fully saturated rings. The minimum absolute atomic E-state index is 0.367. The van der Waals surface area contributed by atoms with Crippen LogP contribution in [0, 0.1) is 0 Å². The van der Waals surface area contributed by atoms with Crippen LogP contribution in [0.2, 0.25) is 19.6 Å². The molecule has 0 aliphatic carbocycles. The zero-order valence-corrected chi connectivity index (χ0v) is 11.2. The molecule has 3 nitrogen and oxygen atoms in total. The number of hydrogen-bond acceptors (Lipinski definition) is 3. The fourth-order valence-corrected chi connectivity index (χ4v) is 2.15. The first-order chi connectivity index (χ1) is 7.44. The number of methoxy groups -OCH3 is 1. The second-order valence-corrected chi connectivity index (χ2v) is 9.05. The van der Waals surface area contributed by atoms with Gasteiger partial charge in [0, 0.05) is 5.56 Å². The van der Waals surface area contributed by atoms with E-state index in [1.54, 1.807) is 0 Å². The molecule has 1 aromatic carbocycles. The Labute approximate surface area is 97.3 Å². The summed E-state index contributed by atoms with van der Waals surface area (Å²) in [5.41, 5.74) is 1.25. The highest BCUT2D eigenvalue weighted by molar-refractivity contribution is 6.77. The van der Waals surface area contributed by atoms with Crippen molar-refractivity contribution in [2.75, 3.05) is 7.11 Å². The van der Waals surface area contributed by atoms with Crippen molar-refractivity contribution in [3.05, 3.63) is 35.9 Å². The van der Waals surface area contributed by atoms with Gasteiger partial charge in [0.15, 0.2) is 8.24 Å². The van der Waals surface area contributed by atoms with Gasteiger partial charge in [0.25, 0.3) is 0 Å². The zero-order chi connectivity index (χ0) is 12.2. The molecule has 0 unspecified atom stereocenters. The highest BCUT2D eigenvalue weighted by Gasteiger charge is 2.19. The van der Waals surface area contributed by atoms with Crippen LogP contribution in [0.3, 0.4) is 0 Å². The van der Waals surface area contributed by atoms with Gasteiger partial charge in [-0.25, -0.2) is 4.79 Å². The molecule has 1 rings (SSSR count). The molecule has 4 heteroatoms. The topological polar surface area (TPSA) is 38.7 Å². The lowest BCUT2D eigenvalue weighted by Gasteiger charge is -2.13. The van der Waals surface area contributed by atoms with Crippen LogP contribution in [0.4, 0.5) is 0 Å². The summed E-state index contributed by atoms with van der Waals surface area (Å²) in [6.45, 7) is 6.25. The highest BCUT2D eigenvalue weighted by atomic mass is 28.3. The Bertz CT molecular complexity index is 393. The Morgan fingerprint density at radius 1 is 1.19 bits per heavy atom. The summed E-state index contributed by atoms with van der Waals surface area (Å²) < 4.78 is 9.30. The first kappa shape index (κ1) is 12.6. The highest BCUT2D eigenvalue weighted by Crippen LogP contribution is 2.09. The van der Waals surface area contributed by atoms with Gasteiger partial charge in [-0.05, 0) is 19.6 Å². The second-order valence-electron chi connectivity index (χ2n) is 4.49. The predicted octanol–water partition coefficient (Wildman–Crippen LogP) is 2.48. The third kappa shape index (κ3) is 3.62. The van der Waals surface area contributed by atoms with E-state index in [0.29, 0.717) is 5.71 Å². The number of carbonyl (C=O) groups is 1. The van der Waals surface area contributed by atoms with Crippen LogP contribution in [0.15, 0.2) is 35.0 Å². The molecule has 0 radical (unpaired) electrons. The maximum absolute atomic E-state index is 11.7. The molecule has 1 aromatic rings. The number of benzene rings is 1. The van der Waals surface area contributed by atoms with Crippen LogP contribution in [-0.2, 0) is 9.53 Å². The fourth-order valence-electron chi connectivity index (χ4n) is 1.26. The van der Waals surface area contributed by atoms with E-state index in [-0.39, 0.29) is 5.97 Å². The molecule has 0 saturated carbocycles. The largest absolute Gasteiger partial charge is 0.464 e. The van der Waals surface area contributed by atoms with Crippen molar-refractivity contribution in [1.82, 2.24) is 0 Å². The van der Waals surface area contributed by atoms with Gasteiger partial charge >= 0.3 is 5.97 Å². The Balaban J connectivity index is 3.17. The molecule has 0 aliphatic rings. The Morgan fingerprint density at radius 3 is 2.19 bits per heavy atom. The molecule has 0 amide bonds. The van der Waals surface area contributed by atoms with E-state index in [4.69, 9.17) is 4.74 Å². The van der Waals surface area contributed by atoms with Crippen molar-refractivity contribution in [2.24, 2.45) is 4.66 Å². The summed E-state index contributed by atoms with van der Waals surface area (Å²) in [5.74, 6) is -0.367. The molecule has 0 spiro atoms. The number of carbonyl (C=O) groups excluding carboxylic acids is 1. The molecular formula is C12H17NO2Si. The lowest BCUT2D eigenvalue weighted by Crippen LogP contribution is -2.26. The lowest BCUT2D eigenvalue weighted by molar-refractivity contribution is -0.132. The Kier molecular flexibility index (Phi) is 4.01. The van der Waals surface area contributed by atoms with Crippen LogP contribution >= 0.6 is 0 Å². The van der Waals surface area contributed by atoms with Crippen molar-refractivity contribution in [3.8, 4) is 0 Å². The van der Waals surface area contributed by atoms with Gasteiger partial charge in [-0.1, -0.05) is 30.3 Å². The van der Waals surface area contributed by atoms with E-state index in [9.17, 15) is 4.79 Å². The summed E-state index contributed by atoms with van der Waals surface area (Å²) >= 11 is 0. The van der Waals surface area contributed by atoms with Crippen LogP contribution in [-0.4, -0.2) is 27.0 Å². The number of nitrogens with zero attached hydrogens (tertiary/aromatic N) is 1. The first-order valence-electron chi connectivity index (χ1n) is 5.17. The number of hydrogen-bond donors (Lipinski definition) is 0. The Morgan fingerprint density at radius 2 is 1.75 bits per heavy atom. The van der Waals surface area contributed by atoms with E-state index in [1.165, 1.54) is 7.11 Å². The SMILES string of the molecule is COC(=O)/C(=N/[Si](C)(C)C)c1ccccc1. The molecule has 0 heterocycles. The van der Waals surface area contributed by atoms with Gasteiger partial charge in [0.05, 0.1) is 7.11 Å². The number of rotatable bonds is 3. The van der Waals surface area contributed by atoms with Crippen molar-refractivity contribution in [3.63, 3.8) is 0 Å². The smallest absolute Gasteiger partial charge is 0.355 e. The van der Waals surface area contributed by atoms with E-state index >= 15 is 0 Å². The standard InChI is InChI=1S/C12H17NO2Si/c1-15-12(14)11(13-16(2,3)4)10-8-6-5-7-9-10/h5-9H,1-4H3/b13-11+. The Hall–Kier alpha value is -1.42. The molecule has 0 saturated heterocycles. The van der Waals surface area contributed by atoms with Crippen LogP contribution in [0.1, 0.15) is 5.56 Å². The molecule has 0 atom stereocenters. The van der Waals surface area contributed by atoms with Gasteiger partial charge in [-0.15, -0.1) is 0 Å². The zero-order valence-electron chi connectivity index (χ0n) is 10.2. The van der Waals surface area contributed by atoms with E-state index < -0.39 is 8.24 Å². The first-order valence-corrected chi connectivity index (χ1v) is 8.62. The van der Waals surface area contributed by atoms with Crippen molar-refractivity contribution in [1.29, 1.82) is 0 Å². The summed E-state index contributed by atoms with van der Waals surface area (Å²) in [6, 6.07) is 9.43. The molecule has 0 aliphatic heterocycles. The number of ether oxygens (including phenoxy) is 1. The lowest BCUT2D eigenvalue weighted by atomic mass is 10.1. The average molecular weight is 235 g/mol. The normalized spacial score (nSPS) is 12.4. The van der Waals surface area contributed by atoms with E-state index in [2.05, 4.69) is 24.3 Å². The minimum atomic E-state index is -1.69. The number of esters is 1. The fraction of sp³-hybridized carbons (Fsp3) is 0.333. The average Bonchev–Trinajstić information content (AvgIpc) is 2.25. The van der Waals surface area contributed by atoms with Gasteiger partial charge in [-0.2, -0.15) is 0 Å². The van der Waals surface area contributed by atoms with E-state index in [1.807, 2.05) is 30.3 Å². The minimum Gasteiger partial charge on any atom is -0.464 e. The molecule has 0 bridgehead atoms. The molecule has 16 heavy (non-hydrogen) atoms. The quantitative estimate of drug-likeness (QED) is 0.458. The monoisotopic (exact) mass is 235 g/mol. The van der Waals surface area contributed by atoms with Gasteiger partial charge < -0.3 is 9.39 Å². The van der Waals surface area contributed by atoms with Crippen molar-refractivity contribution >= 4 is 19.9 Å². The molecule has 0 N–H and O–H groups in total. The van der Waals surface area contributed by atoms with Gasteiger partial charge in [-0.3, -0.25) is 0 Å². The molecule has 86 valence electrons. The van der Waals surface area contributed by atoms with Crippen LogP contribution in [0.5, 0.6) is 0 Å².